The molecule has 0 saturated heterocycles. The Balaban J connectivity index is 2.02. The van der Waals surface area contributed by atoms with E-state index in [1.165, 1.54) is 10.6 Å². The minimum atomic E-state index is -4.91. The molecule has 3 rings (SSSR count). The summed E-state index contributed by atoms with van der Waals surface area (Å²) in [6.45, 7) is 3.25. The number of Topliss-reactive ketones (excluding diaryl/α,β-unsaturated/α-hetero) is 1. The summed E-state index contributed by atoms with van der Waals surface area (Å²) in [5.41, 5.74) is -0.923. The molecule has 0 bridgehead atoms. The molecule has 158 valence electrons. The van der Waals surface area contributed by atoms with Crippen LogP contribution in [0.4, 0.5) is 26.3 Å². The molecule has 1 aromatic heterocycles. The Kier molecular flexibility index (Phi) is 5.48. The standard InChI is InChI=1S/C19H19F6N3O/c1-3-16-26-10(2)8-28(16)9-14(29)12-7-15(19(23,24)25)27-17-11(12)5-4-6-13(17)18(20,21)22/h4,6,8,13,17H,3,5,7,9H2,1-2H3. The molecule has 29 heavy (non-hydrogen) atoms. The molecule has 4 nitrogen and oxygen atoms in total. The molecule has 2 unspecified atom stereocenters. The number of rotatable bonds is 4. The second-order valence-electron chi connectivity index (χ2n) is 7.10. The molecule has 2 heterocycles. The van der Waals surface area contributed by atoms with Gasteiger partial charge in [0.1, 0.15) is 11.5 Å². The van der Waals surface area contributed by atoms with Gasteiger partial charge in [-0.2, -0.15) is 26.3 Å². The number of alkyl halides is 6. The molecule has 0 fully saturated rings. The highest BCUT2D eigenvalue weighted by Crippen LogP contribution is 2.43. The average molecular weight is 419 g/mol. The molecule has 1 aliphatic heterocycles. The Morgan fingerprint density at radius 2 is 1.93 bits per heavy atom. The third kappa shape index (κ3) is 4.30. The van der Waals surface area contributed by atoms with Crippen LogP contribution in [0.2, 0.25) is 0 Å². The average Bonchev–Trinajstić information content (AvgIpc) is 2.97. The zero-order valence-electron chi connectivity index (χ0n) is 15.7. The van der Waals surface area contributed by atoms with Crippen LogP contribution in [-0.4, -0.2) is 39.4 Å². The first-order chi connectivity index (χ1) is 13.4. The molecule has 0 amide bonds. The lowest BCUT2D eigenvalue weighted by atomic mass is 9.79. The quantitative estimate of drug-likeness (QED) is 0.532. The number of aromatic nitrogens is 2. The van der Waals surface area contributed by atoms with Crippen molar-refractivity contribution in [1.82, 2.24) is 9.55 Å². The number of hydrogen-bond donors (Lipinski definition) is 0. The number of aliphatic imine (C=N–C) groups is 1. The third-order valence-electron chi connectivity index (χ3n) is 5.06. The number of nitrogens with zero attached hydrogens (tertiary/aromatic N) is 3. The topological polar surface area (TPSA) is 47.2 Å². The van der Waals surface area contributed by atoms with E-state index < -0.39 is 42.2 Å². The van der Waals surface area contributed by atoms with Gasteiger partial charge >= 0.3 is 12.4 Å². The number of ketones is 1. The maximum atomic E-state index is 13.4. The number of carbonyl (C=O) groups is 1. The molecule has 2 aliphatic rings. The third-order valence-corrected chi connectivity index (χ3v) is 5.06. The molecule has 0 N–H and O–H groups in total. The highest BCUT2D eigenvalue weighted by molar-refractivity contribution is 6.05. The summed E-state index contributed by atoms with van der Waals surface area (Å²) < 4.78 is 81.7. The fraction of sp³-hybridized carbons (Fsp3) is 0.526. The molecule has 2 atom stereocenters. The van der Waals surface area contributed by atoms with E-state index in [-0.39, 0.29) is 24.1 Å². The van der Waals surface area contributed by atoms with Crippen LogP contribution in [0.5, 0.6) is 0 Å². The predicted molar refractivity (Wildman–Crippen MR) is 93.6 cm³/mol. The monoisotopic (exact) mass is 419 g/mol. The first-order valence-corrected chi connectivity index (χ1v) is 9.06. The number of fused-ring (bicyclic) bond motifs is 1. The van der Waals surface area contributed by atoms with Crippen LogP contribution in [0.15, 0.2) is 34.5 Å². The van der Waals surface area contributed by atoms with Gasteiger partial charge in [-0.15, -0.1) is 0 Å². The molecule has 0 saturated carbocycles. The fourth-order valence-corrected chi connectivity index (χ4v) is 3.74. The van der Waals surface area contributed by atoms with Gasteiger partial charge < -0.3 is 4.57 Å². The molecule has 1 aromatic rings. The second kappa shape index (κ2) is 7.46. The van der Waals surface area contributed by atoms with Crippen molar-refractivity contribution < 1.29 is 31.1 Å². The van der Waals surface area contributed by atoms with E-state index in [1.54, 1.807) is 13.1 Å². The van der Waals surface area contributed by atoms with Gasteiger partial charge in [-0.25, -0.2) is 4.98 Å². The summed E-state index contributed by atoms with van der Waals surface area (Å²) in [6.07, 6.45) is -6.36. The van der Waals surface area contributed by atoms with E-state index in [2.05, 4.69) is 9.98 Å². The van der Waals surface area contributed by atoms with E-state index in [0.717, 1.165) is 6.08 Å². The zero-order valence-corrected chi connectivity index (χ0v) is 15.7. The van der Waals surface area contributed by atoms with Crippen LogP contribution < -0.4 is 0 Å². The van der Waals surface area contributed by atoms with Gasteiger partial charge in [-0.3, -0.25) is 9.79 Å². The summed E-state index contributed by atoms with van der Waals surface area (Å²) in [7, 11) is 0. The van der Waals surface area contributed by atoms with E-state index >= 15 is 0 Å². The Morgan fingerprint density at radius 3 is 2.52 bits per heavy atom. The number of carbonyl (C=O) groups excluding carboxylic acids is 1. The fourth-order valence-electron chi connectivity index (χ4n) is 3.74. The van der Waals surface area contributed by atoms with Crippen molar-refractivity contribution in [1.29, 1.82) is 0 Å². The Bertz CT molecular complexity index is 904. The molecule has 0 radical (unpaired) electrons. The van der Waals surface area contributed by atoms with Crippen molar-refractivity contribution in [3.05, 3.63) is 41.0 Å². The summed E-state index contributed by atoms with van der Waals surface area (Å²) >= 11 is 0. The van der Waals surface area contributed by atoms with Crippen LogP contribution in [0.1, 0.15) is 31.3 Å². The smallest absolute Gasteiger partial charge is 0.327 e. The number of imidazole rings is 1. The van der Waals surface area contributed by atoms with E-state index in [4.69, 9.17) is 0 Å². The first-order valence-electron chi connectivity index (χ1n) is 9.06. The molecular formula is C19H19F6N3O. The summed E-state index contributed by atoms with van der Waals surface area (Å²) in [6, 6.07) is -1.76. The van der Waals surface area contributed by atoms with Crippen LogP contribution in [0, 0.1) is 12.8 Å². The number of dihydropyridines is 1. The predicted octanol–water partition coefficient (Wildman–Crippen LogP) is 4.53. The van der Waals surface area contributed by atoms with Gasteiger partial charge in [0.25, 0.3) is 0 Å². The Morgan fingerprint density at radius 1 is 1.24 bits per heavy atom. The van der Waals surface area contributed by atoms with Gasteiger partial charge in [0.15, 0.2) is 5.78 Å². The normalized spacial score (nSPS) is 22.6. The number of halogens is 6. The minimum Gasteiger partial charge on any atom is -0.327 e. The lowest BCUT2D eigenvalue weighted by molar-refractivity contribution is -0.164. The van der Waals surface area contributed by atoms with Crippen LogP contribution in [-0.2, 0) is 17.8 Å². The van der Waals surface area contributed by atoms with Crippen LogP contribution in [0.3, 0.4) is 0 Å². The van der Waals surface area contributed by atoms with Crippen molar-refractivity contribution in [3.8, 4) is 0 Å². The van der Waals surface area contributed by atoms with E-state index in [9.17, 15) is 31.1 Å². The van der Waals surface area contributed by atoms with Gasteiger partial charge in [-0.1, -0.05) is 19.1 Å². The van der Waals surface area contributed by atoms with Gasteiger partial charge in [0.05, 0.1) is 24.2 Å². The van der Waals surface area contributed by atoms with E-state index in [1.807, 2.05) is 6.92 Å². The second-order valence-corrected chi connectivity index (χ2v) is 7.10. The van der Waals surface area contributed by atoms with Gasteiger partial charge in [0, 0.05) is 24.6 Å². The van der Waals surface area contributed by atoms with Gasteiger partial charge in [0.2, 0.25) is 0 Å². The molecule has 10 heteroatoms. The number of hydrogen-bond acceptors (Lipinski definition) is 3. The maximum absolute atomic E-state index is 13.4. The van der Waals surface area contributed by atoms with Crippen molar-refractivity contribution in [2.75, 3.05) is 0 Å². The lowest BCUT2D eigenvalue weighted by Crippen LogP contribution is -2.41. The van der Waals surface area contributed by atoms with Crippen molar-refractivity contribution in [2.24, 2.45) is 10.9 Å². The highest BCUT2D eigenvalue weighted by Gasteiger charge is 2.50. The Hall–Kier alpha value is -2.39. The summed E-state index contributed by atoms with van der Waals surface area (Å²) in [5.74, 6) is -2.26. The molecule has 0 spiro atoms. The lowest BCUT2D eigenvalue weighted by Gasteiger charge is -2.34. The van der Waals surface area contributed by atoms with Crippen LogP contribution in [0.25, 0.3) is 0 Å². The maximum Gasteiger partial charge on any atom is 0.429 e. The minimum absolute atomic E-state index is 0.0164. The molecular weight excluding hydrogens is 400 g/mol. The zero-order chi connectivity index (χ0) is 21.6. The van der Waals surface area contributed by atoms with E-state index in [0.29, 0.717) is 17.9 Å². The Labute approximate surface area is 163 Å². The molecule has 0 aromatic carbocycles. The summed E-state index contributed by atoms with van der Waals surface area (Å²) in [5, 5.41) is 0. The van der Waals surface area contributed by atoms with Gasteiger partial charge in [-0.05, 0) is 18.9 Å². The first kappa shape index (κ1) is 21.3. The largest absolute Gasteiger partial charge is 0.429 e. The SMILES string of the molecule is CCc1nc(C)cn1CC(=O)C1=C2CC=CC(C(F)(F)F)C2N=C(C(F)(F)F)C1. The van der Waals surface area contributed by atoms with Crippen molar-refractivity contribution in [3.63, 3.8) is 0 Å². The van der Waals surface area contributed by atoms with Crippen molar-refractivity contribution >= 4 is 11.5 Å². The highest BCUT2D eigenvalue weighted by atomic mass is 19.4. The summed E-state index contributed by atoms with van der Waals surface area (Å²) in [4.78, 5) is 20.5. The number of aryl methyl sites for hydroxylation is 2. The number of allylic oxidation sites excluding steroid dienone is 2. The van der Waals surface area contributed by atoms with Crippen molar-refractivity contribution in [2.45, 2.75) is 58.0 Å². The molecule has 1 aliphatic carbocycles. The van der Waals surface area contributed by atoms with Crippen LogP contribution >= 0.6 is 0 Å².